The number of nitrogens with one attached hydrogen (secondary N) is 1. The lowest BCUT2D eigenvalue weighted by molar-refractivity contribution is 0.108. The number of rotatable bonds is 4. The molecule has 1 aromatic rings. The first kappa shape index (κ1) is 10.1. The lowest BCUT2D eigenvalue weighted by Gasteiger charge is -2.15. The Morgan fingerprint density at radius 3 is 3.29 bits per heavy atom. The summed E-state index contributed by atoms with van der Waals surface area (Å²) < 4.78 is 5.56. The van der Waals surface area contributed by atoms with Gasteiger partial charge in [0.05, 0.1) is 6.10 Å². The fraction of sp³-hybridized carbons (Fsp3) is 0.636. The maximum absolute atomic E-state index is 5.56. The molecule has 2 nitrogen and oxygen atoms in total. The van der Waals surface area contributed by atoms with Crippen molar-refractivity contribution >= 4 is 11.3 Å². The zero-order valence-corrected chi connectivity index (χ0v) is 9.35. The van der Waals surface area contributed by atoms with Gasteiger partial charge in [-0.3, -0.25) is 0 Å². The first-order valence-electron chi connectivity index (χ1n) is 5.24. The highest BCUT2D eigenvalue weighted by Crippen LogP contribution is 2.19. The van der Waals surface area contributed by atoms with Gasteiger partial charge < -0.3 is 10.1 Å². The van der Waals surface area contributed by atoms with Crippen LogP contribution in [0.3, 0.4) is 0 Å². The minimum Gasteiger partial charge on any atom is -0.377 e. The van der Waals surface area contributed by atoms with Crippen molar-refractivity contribution in [3.05, 3.63) is 22.4 Å². The molecule has 2 rings (SSSR count). The summed E-state index contributed by atoms with van der Waals surface area (Å²) >= 11 is 1.81. The Hall–Kier alpha value is -0.380. The van der Waals surface area contributed by atoms with E-state index in [-0.39, 0.29) is 0 Å². The lowest BCUT2D eigenvalue weighted by Crippen LogP contribution is -2.28. The highest BCUT2D eigenvalue weighted by Gasteiger charge is 2.16. The smallest absolute Gasteiger partial charge is 0.0700 e. The second-order valence-corrected chi connectivity index (χ2v) is 4.76. The molecule has 1 aliphatic rings. The zero-order valence-electron chi connectivity index (χ0n) is 8.53. The molecule has 3 heteroatoms. The molecule has 2 unspecified atom stereocenters. The summed E-state index contributed by atoms with van der Waals surface area (Å²) in [4.78, 5) is 1.41. The maximum atomic E-state index is 5.56. The van der Waals surface area contributed by atoms with Crippen molar-refractivity contribution in [3.8, 4) is 0 Å². The molecule has 0 aliphatic carbocycles. The highest BCUT2D eigenvalue weighted by atomic mass is 32.1. The van der Waals surface area contributed by atoms with E-state index in [0.29, 0.717) is 12.1 Å². The molecule has 2 atom stereocenters. The SMILES string of the molecule is CC(NCC1CCCO1)c1cccs1. The van der Waals surface area contributed by atoms with E-state index >= 15 is 0 Å². The van der Waals surface area contributed by atoms with E-state index in [1.165, 1.54) is 17.7 Å². The molecule has 2 heterocycles. The van der Waals surface area contributed by atoms with Crippen molar-refractivity contribution in [1.82, 2.24) is 5.32 Å². The monoisotopic (exact) mass is 211 g/mol. The van der Waals surface area contributed by atoms with Crippen LogP contribution < -0.4 is 5.32 Å². The molecule has 1 saturated heterocycles. The van der Waals surface area contributed by atoms with E-state index in [1.54, 1.807) is 0 Å². The van der Waals surface area contributed by atoms with Gasteiger partial charge in [0.25, 0.3) is 0 Å². The van der Waals surface area contributed by atoms with Crippen molar-refractivity contribution in [3.63, 3.8) is 0 Å². The van der Waals surface area contributed by atoms with Crippen LogP contribution in [0.2, 0.25) is 0 Å². The normalized spacial score (nSPS) is 23.9. The van der Waals surface area contributed by atoms with Gasteiger partial charge in [0.15, 0.2) is 0 Å². The van der Waals surface area contributed by atoms with Crippen molar-refractivity contribution in [2.45, 2.75) is 31.9 Å². The van der Waals surface area contributed by atoms with Crippen LogP contribution in [-0.2, 0) is 4.74 Å². The molecule has 0 amide bonds. The van der Waals surface area contributed by atoms with Gasteiger partial charge in [-0.05, 0) is 31.2 Å². The largest absolute Gasteiger partial charge is 0.377 e. The molecule has 0 bridgehead atoms. The average molecular weight is 211 g/mol. The van der Waals surface area contributed by atoms with Gasteiger partial charge in [-0.25, -0.2) is 0 Å². The van der Waals surface area contributed by atoms with Crippen molar-refractivity contribution in [1.29, 1.82) is 0 Å². The van der Waals surface area contributed by atoms with Gasteiger partial charge in [-0.15, -0.1) is 11.3 Å². The first-order valence-corrected chi connectivity index (χ1v) is 6.12. The van der Waals surface area contributed by atoms with Crippen LogP contribution in [-0.4, -0.2) is 19.3 Å². The molecule has 14 heavy (non-hydrogen) atoms. The van der Waals surface area contributed by atoms with E-state index in [2.05, 4.69) is 29.8 Å². The van der Waals surface area contributed by atoms with Crippen LogP contribution in [0.25, 0.3) is 0 Å². The third-order valence-electron chi connectivity index (χ3n) is 2.65. The summed E-state index contributed by atoms with van der Waals surface area (Å²) in [7, 11) is 0. The van der Waals surface area contributed by atoms with E-state index in [9.17, 15) is 0 Å². The van der Waals surface area contributed by atoms with Crippen LogP contribution >= 0.6 is 11.3 Å². The Bertz CT molecular complexity index is 254. The second kappa shape index (κ2) is 4.91. The molecule has 1 N–H and O–H groups in total. The molecule has 1 aromatic heterocycles. The van der Waals surface area contributed by atoms with Crippen LogP contribution in [0.15, 0.2) is 17.5 Å². The van der Waals surface area contributed by atoms with E-state index in [0.717, 1.165) is 13.2 Å². The fourth-order valence-electron chi connectivity index (χ4n) is 1.75. The van der Waals surface area contributed by atoms with Gasteiger partial charge in [0, 0.05) is 24.1 Å². The maximum Gasteiger partial charge on any atom is 0.0700 e. The third-order valence-corrected chi connectivity index (χ3v) is 3.70. The van der Waals surface area contributed by atoms with Gasteiger partial charge in [0.2, 0.25) is 0 Å². The Morgan fingerprint density at radius 2 is 2.64 bits per heavy atom. The minimum absolute atomic E-state index is 0.442. The topological polar surface area (TPSA) is 21.3 Å². The predicted molar refractivity (Wildman–Crippen MR) is 59.7 cm³/mol. The summed E-state index contributed by atoms with van der Waals surface area (Å²) in [6.45, 7) is 4.14. The molecule has 0 aromatic carbocycles. The standard InChI is InChI=1S/C11H17NOS/c1-9(11-5-3-7-14-11)12-8-10-4-2-6-13-10/h3,5,7,9-10,12H,2,4,6,8H2,1H3. The summed E-state index contributed by atoms with van der Waals surface area (Å²) in [5.41, 5.74) is 0. The summed E-state index contributed by atoms with van der Waals surface area (Å²) in [6.07, 6.45) is 2.88. The first-order chi connectivity index (χ1) is 6.86. The molecule has 1 fully saturated rings. The molecule has 0 spiro atoms. The zero-order chi connectivity index (χ0) is 9.80. The van der Waals surface area contributed by atoms with Crippen LogP contribution in [0, 0.1) is 0 Å². The lowest BCUT2D eigenvalue weighted by atomic mass is 10.2. The quantitative estimate of drug-likeness (QED) is 0.826. The van der Waals surface area contributed by atoms with Gasteiger partial charge in [-0.1, -0.05) is 6.07 Å². The summed E-state index contributed by atoms with van der Waals surface area (Å²) in [6, 6.07) is 4.74. The van der Waals surface area contributed by atoms with Gasteiger partial charge in [0.1, 0.15) is 0 Å². The Kier molecular flexibility index (Phi) is 3.56. The van der Waals surface area contributed by atoms with Gasteiger partial charge in [-0.2, -0.15) is 0 Å². The van der Waals surface area contributed by atoms with Crippen molar-refractivity contribution in [2.75, 3.05) is 13.2 Å². The van der Waals surface area contributed by atoms with E-state index in [4.69, 9.17) is 4.74 Å². The van der Waals surface area contributed by atoms with Crippen LogP contribution in [0.4, 0.5) is 0 Å². The minimum atomic E-state index is 0.442. The number of hydrogen-bond donors (Lipinski definition) is 1. The number of hydrogen-bond acceptors (Lipinski definition) is 3. The molecular formula is C11H17NOS. The average Bonchev–Trinajstić information content (AvgIpc) is 2.87. The Morgan fingerprint density at radius 1 is 1.71 bits per heavy atom. The summed E-state index contributed by atoms with van der Waals surface area (Å²) in [5, 5.41) is 5.64. The Labute approximate surface area is 89.3 Å². The molecule has 78 valence electrons. The van der Waals surface area contributed by atoms with Crippen LogP contribution in [0.5, 0.6) is 0 Å². The van der Waals surface area contributed by atoms with E-state index < -0.39 is 0 Å². The van der Waals surface area contributed by atoms with Crippen molar-refractivity contribution in [2.24, 2.45) is 0 Å². The van der Waals surface area contributed by atoms with Gasteiger partial charge >= 0.3 is 0 Å². The van der Waals surface area contributed by atoms with E-state index in [1.807, 2.05) is 11.3 Å². The predicted octanol–water partition coefficient (Wildman–Crippen LogP) is 2.58. The number of ether oxygens (including phenoxy) is 1. The molecule has 0 radical (unpaired) electrons. The van der Waals surface area contributed by atoms with Crippen LogP contribution in [0.1, 0.15) is 30.7 Å². The fourth-order valence-corrected chi connectivity index (χ4v) is 2.51. The van der Waals surface area contributed by atoms with Crippen molar-refractivity contribution < 1.29 is 4.74 Å². The Balaban J connectivity index is 1.74. The second-order valence-electron chi connectivity index (χ2n) is 3.78. The molecular weight excluding hydrogens is 194 g/mol. The number of thiophene rings is 1. The highest BCUT2D eigenvalue weighted by molar-refractivity contribution is 7.10. The third kappa shape index (κ3) is 2.56. The molecule has 1 aliphatic heterocycles. The molecule has 0 saturated carbocycles. The summed E-state index contributed by atoms with van der Waals surface area (Å²) in [5.74, 6) is 0.